The van der Waals surface area contributed by atoms with E-state index in [2.05, 4.69) is 5.32 Å². The number of methoxy groups -OCH3 is 1. The summed E-state index contributed by atoms with van der Waals surface area (Å²) in [5.74, 6) is -1.99. The molecule has 0 unspecified atom stereocenters. The molecule has 2 aliphatic heterocycles. The molecule has 0 radical (unpaired) electrons. The Labute approximate surface area is 187 Å². The molecule has 0 bridgehead atoms. The molecule has 1 saturated heterocycles. The number of imide groups is 2. The second-order valence-corrected chi connectivity index (χ2v) is 6.97. The smallest absolute Gasteiger partial charge is 0.344 e. The Kier molecular flexibility index (Phi) is 5.61. The van der Waals surface area contributed by atoms with Crippen LogP contribution in [-0.2, 0) is 14.4 Å². The molecule has 2 aromatic carbocycles. The summed E-state index contributed by atoms with van der Waals surface area (Å²) in [6, 6.07) is 8.17. The number of carbonyl (C=O) groups is 4. The zero-order chi connectivity index (χ0) is 23.7. The van der Waals surface area contributed by atoms with Crippen molar-refractivity contribution in [2.75, 3.05) is 18.8 Å². The molecule has 1 atom stereocenters. The minimum Gasteiger partial charge on any atom is -0.493 e. The summed E-state index contributed by atoms with van der Waals surface area (Å²) in [6.07, 6.45) is -0.0303. The first-order valence-corrected chi connectivity index (χ1v) is 9.67. The van der Waals surface area contributed by atoms with Crippen LogP contribution in [0.1, 0.15) is 12.5 Å². The van der Waals surface area contributed by atoms with Crippen molar-refractivity contribution in [3.8, 4) is 23.0 Å². The molecule has 170 valence electrons. The topological polar surface area (TPSA) is 141 Å². The number of carboxylic acid groups (broad SMARTS) is 1. The Hall–Kier alpha value is -4.54. The van der Waals surface area contributed by atoms with E-state index < -0.39 is 29.9 Å². The molecule has 4 rings (SSSR count). The SMILES string of the molecule is COc1cccc(/C=C2\C(=O)NC(=O)N(c3ccc4c(c3)OCO4)C2=O)c1O[C@H](C)C(=O)O. The van der Waals surface area contributed by atoms with Gasteiger partial charge in [-0.3, -0.25) is 14.9 Å². The van der Waals surface area contributed by atoms with Gasteiger partial charge in [-0.2, -0.15) is 0 Å². The van der Waals surface area contributed by atoms with Gasteiger partial charge >= 0.3 is 12.0 Å². The Morgan fingerprint density at radius 3 is 2.67 bits per heavy atom. The van der Waals surface area contributed by atoms with Gasteiger partial charge < -0.3 is 24.1 Å². The standard InChI is InChI=1S/C22H18N2O9/c1-11(21(27)28)33-18-12(4-3-5-16(18)30-2)8-14-19(25)23-22(29)24(20(14)26)13-6-7-15-17(9-13)32-10-31-15/h3-9,11H,10H2,1-2H3,(H,27,28)(H,23,25,29)/b14-8+/t11-/m1/s1. The second kappa shape index (κ2) is 8.54. The molecular formula is C22H18N2O9. The number of nitrogens with one attached hydrogen (secondary N) is 1. The highest BCUT2D eigenvalue weighted by Gasteiger charge is 2.37. The van der Waals surface area contributed by atoms with E-state index in [1.807, 2.05) is 0 Å². The van der Waals surface area contributed by atoms with Crippen LogP contribution >= 0.6 is 0 Å². The lowest BCUT2D eigenvalue weighted by Crippen LogP contribution is -2.54. The predicted molar refractivity (Wildman–Crippen MR) is 112 cm³/mol. The van der Waals surface area contributed by atoms with Crippen LogP contribution in [0.3, 0.4) is 0 Å². The van der Waals surface area contributed by atoms with Crippen molar-refractivity contribution in [2.24, 2.45) is 0 Å². The summed E-state index contributed by atoms with van der Waals surface area (Å²) >= 11 is 0. The molecule has 4 amide bonds. The predicted octanol–water partition coefficient (Wildman–Crippen LogP) is 1.94. The van der Waals surface area contributed by atoms with Crippen LogP contribution in [0, 0.1) is 0 Å². The fourth-order valence-electron chi connectivity index (χ4n) is 3.23. The Bertz CT molecular complexity index is 1200. The summed E-state index contributed by atoms with van der Waals surface area (Å²) in [5.41, 5.74) is 0.0102. The van der Waals surface area contributed by atoms with Gasteiger partial charge in [0.05, 0.1) is 12.8 Å². The van der Waals surface area contributed by atoms with Crippen LogP contribution in [0.5, 0.6) is 23.0 Å². The van der Waals surface area contributed by atoms with E-state index >= 15 is 0 Å². The van der Waals surface area contributed by atoms with Crippen molar-refractivity contribution >= 4 is 35.6 Å². The van der Waals surface area contributed by atoms with Crippen molar-refractivity contribution in [2.45, 2.75) is 13.0 Å². The van der Waals surface area contributed by atoms with Gasteiger partial charge in [0.15, 0.2) is 29.1 Å². The van der Waals surface area contributed by atoms with E-state index in [9.17, 15) is 24.3 Å². The Morgan fingerprint density at radius 2 is 1.94 bits per heavy atom. The van der Waals surface area contributed by atoms with Crippen molar-refractivity contribution in [1.82, 2.24) is 5.32 Å². The number of anilines is 1. The lowest BCUT2D eigenvalue weighted by Gasteiger charge is -2.26. The zero-order valence-electron chi connectivity index (χ0n) is 17.5. The van der Waals surface area contributed by atoms with E-state index in [1.54, 1.807) is 12.1 Å². The van der Waals surface area contributed by atoms with E-state index in [1.165, 1.54) is 44.4 Å². The first-order valence-electron chi connectivity index (χ1n) is 9.67. The van der Waals surface area contributed by atoms with Gasteiger partial charge in [0, 0.05) is 11.6 Å². The number of carboxylic acids is 1. The number of urea groups is 1. The molecule has 2 aromatic rings. The maximum atomic E-state index is 13.2. The Balaban J connectivity index is 1.75. The third-order valence-electron chi connectivity index (χ3n) is 4.89. The van der Waals surface area contributed by atoms with Gasteiger partial charge in [0.1, 0.15) is 5.57 Å². The zero-order valence-corrected chi connectivity index (χ0v) is 17.5. The number of hydrogen-bond donors (Lipinski definition) is 2. The fourth-order valence-corrected chi connectivity index (χ4v) is 3.23. The summed E-state index contributed by atoms with van der Waals surface area (Å²) in [6.45, 7) is 1.33. The molecule has 11 nitrogen and oxygen atoms in total. The second-order valence-electron chi connectivity index (χ2n) is 6.97. The van der Waals surface area contributed by atoms with Crippen LogP contribution in [0.4, 0.5) is 10.5 Å². The molecule has 2 N–H and O–H groups in total. The number of fused-ring (bicyclic) bond motifs is 1. The molecule has 11 heteroatoms. The molecular weight excluding hydrogens is 436 g/mol. The van der Waals surface area contributed by atoms with Gasteiger partial charge in [-0.25, -0.2) is 14.5 Å². The molecule has 0 spiro atoms. The number of para-hydroxylation sites is 1. The van der Waals surface area contributed by atoms with Crippen molar-refractivity contribution in [3.05, 3.63) is 47.5 Å². The lowest BCUT2D eigenvalue weighted by atomic mass is 10.1. The van der Waals surface area contributed by atoms with Crippen LogP contribution in [0.2, 0.25) is 0 Å². The number of barbiturate groups is 1. The maximum Gasteiger partial charge on any atom is 0.344 e. The number of nitrogens with zero attached hydrogens (tertiary/aromatic N) is 1. The van der Waals surface area contributed by atoms with E-state index in [-0.39, 0.29) is 35.1 Å². The van der Waals surface area contributed by atoms with Crippen LogP contribution in [0.15, 0.2) is 42.0 Å². The Morgan fingerprint density at radius 1 is 1.18 bits per heavy atom. The lowest BCUT2D eigenvalue weighted by molar-refractivity contribution is -0.144. The maximum absolute atomic E-state index is 13.2. The highest BCUT2D eigenvalue weighted by Crippen LogP contribution is 2.37. The largest absolute Gasteiger partial charge is 0.493 e. The molecule has 0 aromatic heterocycles. The first kappa shape index (κ1) is 21.7. The van der Waals surface area contributed by atoms with Gasteiger partial charge in [-0.05, 0) is 31.2 Å². The van der Waals surface area contributed by atoms with Crippen LogP contribution < -0.4 is 29.2 Å². The fraction of sp³-hybridized carbons (Fsp3) is 0.182. The average Bonchev–Trinajstić information content (AvgIpc) is 3.25. The highest BCUT2D eigenvalue weighted by atomic mass is 16.7. The molecule has 0 saturated carbocycles. The van der Waals surface area contributed by atoms with E-state index in [0.29, 0.717) is 11.5 Å². The number of hydrogen-bond acceptors (Lipinski definition) is 8. The number of aliphatic carboxylic acids is 1. The molecule has 2 aliphatic rings. The number of rotatable bonds is 6. The monoisotopic (exact) mass is 454 g/mol. The van der Waals surface area contributed by atoms with Gasteiger partial charge in [0.2, 0.25) is 6.79 Å². The number of carbonyl (C=O) groups excluding carboxylic acids is 3. The average molecular weight is 454 g/mol. The van der Waals surface area contributed by atoms with E-state index in [4.69, 9.17) is 18.9 Å². The van der Waals surface area contributed by atoms with E-state index in [0.717, 1.165) is 4.90 Å². The van der Waals surface area contributed by atoms with Crippen molar-refractivity contribution < 1.29 is 43.2 Å². The minimum absolute atomic E-state index is 0.00987. The summed E-state index contributed by atoms with van der Waals surface area (Å²) < 4.78 is 21.3. The van der Waals surface area contributed by atoms with Gasteiger partial charge in [-0.1, -0.05) is 12.1 Å². The minimum atomic E-state index is -1.24. The van der Waals surface area contributed by atoms with Crippen molar-refractivity contribution in [1.29, 1.82) is 0 Å². The van der Waals surface area contributed by atoms with Gasteiger partial charge in [-0.15, -0.1) is 0 Å². The summed E-state index contributed by atoms with van der Waals surface area (Å²) in [7, 11) is 1.36. The summed E-state index contributed by atoms with van der Waals surface area (Å²) in [5, 5.41) is 11.3. The summed E-state index contributed by atoms with van der Waals surface area (Å²) in [4.78, 5) is 50.2. The van der Waals surface area contributed by atoms with Crippen LogP contribution in [0.25, 0.3) is 6.08 Å². The first-order chi connectivity index (χ1) is 15.8. The number of benzene rings is 2. The molecule has 33 heavy (non-hydrogen) atoms. The highest BCUT2D eigenvalue weighted by molar-refractivity contribution is 6.39. The quantitative estimate of drug-likeness (QED) is 0.495. The number of ether oxygens (including phenoxy) is 4. The molecule has 1 fully saturated rings. The van der Waals surface area contributed by atoms with Crippen LogP contribution in [-0.4, -0.2) is 48.9 Å². The van der Waals surface area contributed by atoms with Crippen molar-refractivity contribution in [3.63, 3.8) is 0 Å². The number of amides is 4. The third-order valence-corrected chi connectivity index (χ3v) is 4.89. The van der Waals surface area contributed by atoms with Gasteiger partial charge in [0.25, 0.3) is 11.8 Å². The molecule has 0 aliphatic carbocycles. The molecule has 2 heterocycles. The third kappa shape index (κ3) is 4.03. The normalized spacial score (nSPS) is 17.1.